The van der Waals surface area contributed by atoms with E-state index in [0.29, 0.717) is 6.04 Å². The molecule has 1 heterocycles. The van der Waals surface area contributed by atoms with Gasteiger partial charge >= 0.3 is 0 Å². The molecule has 0 saturated carbocycles. The minimum atomic E-state index is 0.488. The van der Waals surface area contributed by atoms with Gasteiger partial charge in [0.2, 0.25) is 0 Å². The summed E-state index contributed by atoms with van der Waals surface area (Å²) in [7, 11) is 4.14. The molecule has 0 aliphatic rings. The first kappa shape index (κ1) is 16.1. The van der Waals surface area contributed by atoms with Gasteiger partial charge in [-0.15, -0.1) is 0 Å². The number of pyridine rings is 1. The molecule has 114 valence electrons. The van der Waals surface area contributed by atoms with Crippen LogP contribution in [0.15, 0.2) is 30.3 Å². The van der Waals surface area contributed by atoms with Crippen molar-refractivity contribution in [2.24, 2.45) is 0 Å². The Kier molecular flexibility index (Phi) is 5.88. The largest absolute Gasteiger partial charge is 0.357 e. The summed E-state index contributed by atoms with van der Waals surface area (Å²) in [5.41, 5.74) is 2.32. The van der Waals surface area contributed by atoms with Crippen LogP contribution >= 0.6 is 11.8 Å². The van der Waals surface area contributed by atoms with Crippen LogP contribution in [-0.4, -0.2) is 37.1 Å². The number of aromatic nitrogens is 1. The van der Waals surface area contributed by atoms with Crippen molar-refractivity contribution in [2.45, 2.75) is 25.9 Å². The molecule has 1 aromatic carbocycles. The highest BCUT2D eigenvalue weighted by Gasteiger charge is 2.15. The lowest BCUT2D eigenvalue weighted by atomic mass is 10.1. The summed E-state index contributed by atoms with van der Waals surface area (Å²) < 4.78 is 0. The van der Waals surface area contributed by atoms with Crippen molar-refractivity contribution in [3.63, 3.8) is 0 Å². The molecule has 1 atom stereocenters. The van der Waals surface area contributed by atoms with Gasteiger partial charge in [-0.3, -0.25) is 0 Å². The first-order valence-corrected chi connectivity index (χ1v) is 8.81. The second kappa shape index (κ2) is 7.66. The highest BCUT2D eigenvalue weighted by atomic mass is 32.2. The number of hydrogen-bond donors (Lipinski definition) is 1. The number of rotatable bonds is 7. The summed E-state index contributed by atoms with van der Waals surface area (Å²) >= 11 is 1.90. The van der Waals surface area contributed by atoms with Gasteiger partial charge in [-0.05, 0) is 44.5 Å². The zero-order chi connectivity index (χ0) is 15.2. The minimum Gasteiger partial charge on any atom is -0.357 e. The highest BCUT2D eigenvalue weighted by Crippen LogP contribution is 2.25. The second-order valence-electron chi connectivity index (χ2n) is 5.44. The second-order valence-corrected chi connectivity index (χ2v) is 6.42. The maximum absolute atomic E-state index is 4.90. The topological polar surface area (TPSA) is 28.2 Å². The number of benzene rings is 1. The van der Waals surface area contributed by atoms with E-state index in [1.54, 1.807) is 0 Å². The standard InChI is InChI=1S/C17H25N3S/c1-13(9-10-21-4)20(3)17-15(12-18-2)11-14-7-5-6-8-16(14)19-17/h5-8,11,13,18H,9-10,12H2,1-4H3. The van der Waals surface area contributed by atoms with E-state index in [-0.39, 0.29) is 0 Å². The molecule has 2 aromatic rings. The van der Waals surface area contributed by atoms with Crippen LogP contribution in [0.2, 0.25) is 0 Å². The number of anilines is 1. The van der Waals surface area contributed by atoms with Crippen molar-refractivity contribution < 1.29 is 0 Å². The van der Waals surface area contributed by atoms with Crippen molar-refractivity contribution in [1.82, 2.24) is 10.3 Å². The van der Waals surface area contributed by atoms with Crippen molar-refractivity contribution >= 4 is 28.5 Å². The van der Waals surface area contributed by atoms with Gasteiger partial charge in [0.05, 0.1) is 5.52 Å². The van der Waals surface area contributed by atoms with E-state index in [9.17, 15) is 0 Å². The van der Waals surface area contributed by atoms with E-state index in [0.717, 1.165) is 17.9 Å². The Bertz CT molecular complexity index is 585. The van der Waals surface area contributed by atoms with Crippen LogP contribution in [-0.2, 0) is 6.54 Å². The fourth-order valence-electron chi connectivity index (χ4n) is 2.47. The fraction of sp³-hybridized carbons (Fsp3) is 0.471. The van der Waals surface area contributed by atoms with Crippen molar-refractivity contribution in [1.29, 1.82) is 0 Å². The number of nitrogens with one attached hydrogen (secondary N) is 1. The molecule has 3 nitrogen and oxygen atoms in total. The quantitative estimate of drug-likeness (QED) is 0.847. The predicted octanol–water partition coefficient (Wildman–Crippen LogP) is 3.53. The van der Waals surface area contributed by atoms with E-state index in [4.69, 9.17) is 4.98 Å². The van der Waals surface area contributed by atoms with Crippen molar-refractivity contribution in [3.8, 4) is 0 Å². The Morgan fingerprint density at radius 3 is 2.81 bits per heavy atom. The summed E-state index contributed by atoms with van der Waals surface area (Å²) in [6.45, 7) is 3.11. The van der Waals surface area contributed by atoms with Gasteiger partial charge in [0.25, 0.3) is 0 Å². The monoisotopic (exact) mass is 303 g/mol. The van der Waals surface area contributed by atoms with Gasteiger partial charge < -0.3 is 10.2 Å². The lowest BCUT2D eigenvalue weighted by Crippen LogP contribution is -2.31. The Balaban J connectivity index is 2.37. The van der Waals surface area contributed by atoms with Crippen molar-refractivity contribution in [3.05, 3.63) is 35.9 Å². The van der Waals surface area contributed by atoms with Crippen LogP contribution in [0.3, 0.4) is 0 Å². The molecule has 0 bridgehead atoms. The molecule has 2 rings (SSSR count). The summed E-state index contributed by atoms with van der Waals surface area (Å²) in [4.78, 5) is 7.22. The normalized spacial score (nSPS) is 12.6. The molecule has 0 aliphatic heterocycles. The van der Waals surface area contributed by atoms with Gasteiger partial charge in [0.1, 0.15) is 5.82 Å². The molecule has 0 aliphatic carbocycles. The summed E-state index contributed by atoms with van der Waals surface area (Å²) in [5.74, 6) is 2.28. The average Bonchev–Trinajstić information content (AvgIpc) is 2.51. The van der Waals surface area contributed by atoms with E-state index < -0.39 is 0 Å². The van der Waals surface area contributed by atoms with Crippen LogP contribution in [0.25, 0.3) is 10.9 Å². The number of nitrogens with zero attached hydrogens (tertiary/aromatic N) is 2. The molecule has 0 saturated heterocycles. The maximum Gasteiger partial charge on any atom is 0.133 e. The van der Waals surface area contributed by atoms with E-state index in [2.05, 4.69) is 54.7 Å². The zero-order valence-corrected chi connectivity index (χ0v) is 14.2. The van der Waals surface area contributed by atoms with E-state index in [1.807, 2.05) is 24.9 Å². The summed E-state index contributed by atoms with van der Waals surface area (Å²) in [6.07, 6.45) is 3.33. The lowest BCUT2D eigenvalue weighted by Gasteiger charge is -2.28. The first-order chi connectivity index (χ1) is 10.2. The molecule has 1 aromatic heterocycles. The highest BCUT2D eigenvalue weighted by molar-refractivity contribution is 7.98. The molecular formula is C17H25N3S. The number of para-hydroxylation sites is 1. The third kappa shape index (κ3) is 3.89. The Morgan fingerprint density at radius 2 is 2.10 bits per heavy atom. The molecule has 0 amide bonds. The summed E-state index contributed by atoms with van der Waals surface area (Å²) in [6, 6.07) is 11.1. The number of thioether (sulfide) groups is 1. The number of fused-ring (bicyclic) bond motifs is 1. The molecular weight excluding hydrogens is 278 g/mol. The molecule has 0 radical (unpaired) electrons. The minimum absolute atomic E-state index is 0.488. The fourth-order valence-corrected chi connectivity index (χ4v) is 3.04. The van der Waals surface area contributed by atoms with E-state index >= 15 is 0 Å². The SMILES string of the molecule is CNCc1cc2ccccc2nc1N(C)C(C)CCSC. The number of hydrogen-bond acceptors (Lipinski definition) is 4. The molecule has 4 heteroatoms. The van der Waals surface area contributed by atoms with Crippen LogP contribution in [0, 0.1) is 0 Å². The van der Waals surface area contributed by atoms with Crippen LogP contribution in [0.1, 0.15) is 18.9 Å². The van der Waals surface area contributed by atoms with Gasteiger partial charge in [-0.25, -0.2) is 4.98 Å². The van der Waals surface area contributed by atoms with Gasteiger partial charge in [0, 0.05) is 30.6 Å². The lowest BCUT2D eigenvalue weighted by molar-refractivity contribution is 0.657. The Hall–Kier alpha value is -1.26. The van der Waals surface area contributed by atoms with Crippen LogP contribution < -0.4 is 10.2 Å². The molecule has 1 unspecified atom stereocenters. The zero-order valence-electron chi connectivity index (χ0n) is 13.4. The van der Waals surface area contributed by atoms with Gasteiger partial charge in [0.15, 0.2) is 0 Å². The average molecular weight is 303 g/mol. The van der Waals surface area contributed by atoms with Gasteiger partial charge in [-0.2, -0.15) is 11.8 Å². The first-order valence-electron chi connectivity index (χ1n) is 7.42. The smallest absolute Gasteiger partial charge is 0.133 e. The third-order valence-corrected chi connectivity index (χ3v) is 4.53. The van der Waals surface area contributed by atoms with Crippen molar-refractivity contribution in [2.75, 3.05) is 31.0 Å². The molecule has 0 spiro atoms. The van der Waals surface area contributed by atoms with Gasteiger partial charge in [-0.1, -0.05) is 18.2 Å². The Labute approximate surface area is 132 Å². The predicted molar refractivity (Wildman–Crippen MR) is 95.4 cm³/mol. The summed E-state index contributed by atoms with van der Waals surface area (Å²) in [5, 5.41) is 4.46. The third-order valence-electron chi connectivity index (χ3n) is 3.88. The van der Waals surface area contributed by atoms with E-state index in [1.165, 1.54) is 23.1 Å². The van der Waals surface area contributed by atoms with Crippen LogP contribution in [0.4, 0.5) is 5.82 Å². The van der Waals surface area contributed by atoms with Crippen LogP contribution in [0.5, 0.6) is 0 Å². The molecule has 21 heavy (non-hydrogen) atoms. The molecule has 1 N–H and O–H groups in total. The molecule has 0 fully saturated rings. The Morgan fingerprint density at radius 1 is 1.33 bits per heavy atom. The maximum atomic E-state index is 4.90.